The third kappa shape index (κ3) is 5.19. The minimum Gasteiger partial charge on any atom is -0.497 e. The van der Waals surface area contributed by atoms with Crippen molar-refractivity contribution < 1.29 is 32.3 Å². The first kappa shape index (κ1) is 29.7. The van der Waals surface area contributed by atoms with Gasteiger partial charge in [0.2, 0.25) is 17.7 Å². The van der Waals surface area contributed by atoms with Gasteiger partial charge in [0.15, 0.2) is 0 Å². The lowest BCUT2D eigenvalue weighted by molar-refractivity contribution is -0.137. The molecule has 6 rings (SSSR count). The van der Waals surface area contributed by atoms with Crippen molar-refractivity contribution in [3.63, 3.8) is 0 Å². The Morgan fingerprint density at radius 1 is 0.955 bits per heavy atom. The van der Waals surface area contributed by atoms with Gasteiger partial charge < -0.3 is 10.1 Å². The molecule has 4 aromatic rings. The second-order valence-corrected chi connectivity index (χ2v) is 12.5. The number of para-hydroxylation sites is 1. The molecule has 3 amide bonds. The molecule has 226 valence electrons. The molecule has 3 aromatic carbocycles. The predicted octanol–water partition coefficient (Wildman–Crippen LogP) is 5.68. The number of aryl methyl sites for hydroxylation is 1. The second kappa shape index (κ2) is 11.3. The van der Waals surface area contributed by atoms with Crippen LogP contribution in [0.5, 0.6) is 5.75 Å². The number of methoxy groups -OCH3 is 1. The SMILES string of the molecule is COc1ccc([C@H]2c3sc(=O)n(CC(=O)Nc4ccc(C)cc4)c3SC3C(=O)N(c4ccccc4C(F)(F)F)C(=O)C32)cc1. The Morgan fingerprint density at radius 2 is 1.64 bits per heavy atom. The van der Waals surface area contributed by atoms with E-state index in [4.69, 9.17) is 4.74 Å². The van der Waals surface area contributed by atoms with E-state index in [9.17, 15) is 32.3 Å². The van der Waals surface area contributed by atoms with Gasteiger partial charge in [0.1, 0.15) is 17.5 Å². The van der Waals surface area contributed by atoms with Gasteiger partial charge in [0.05, 0.1) is 29.3 Å². The Balaban J connectivity index is 1.43. The van der Waals surface area contributed by atoms with E-state index in [0.29, 0.717) is 31.8 Å². The molecule has 0 bridgehead atoms. The Morgan fingerprint density at radius 3 is 2.30 bits per heavy atom. The van der Waals surface area contributed by atoms with Gasteiger partial charge >= 0.3 is 11.0 Å². The predicted molar refractivity (Wildman–Crippen MR) is 160 cm³/mol. The number of hydrogen-bond donors (Lipinski definition) is 1. The van der Waals surface area contributed by atoms with Crippen LogP contribution in [0.3, 0.4) is 0 Å². The number of carbonyl (C=O) groups excluding carboxylic acids is 3. The van der Waals surface area contributed by atoms with Gasteiger partial charge in [0.25, 0.3) is 0 Å². The average molecular weight is 640 g/mol. The van der Waals surface area contributed by atoms with Crippen LogP contribution in [0.4, 0.5) is 24.5 Å². The highest BCUT2D eigenvalue weighted by Crippen LogP contribution is 2.54. The third-order valence-electron chi connectivity index (χ3n) is 7.61. The van der Waals surface area contributed by atoms with E-state index in [-0.39, 0.29) is 6.54 Å². The van der Waals surface area contributed by atoms with Crippen LogP contribution in [0.15, 0.2) is 82.6 Å². The van der Waals surface area contributed by atoms with E-state index in [1.54, 1.807) is 36.4 Å². The highest BCUT2D eigenvalue weighted by atomic mass is 32.2. The smallest absolute Gasteiger partial charge is 0.418 e. The Hall–Kier alpha value is -4.36. The van der Waals surface area contributed by atoms with Crippen molar-refractivity contribution in [1.82, 2.24) is 4.57 Å². The van der Waals surface area contributed by atoms with Crippen LogP contribution in [-0.4, -0.2) is 34.6 Å². The fourth-order valence-electron chi connectivity index (χ4n) is 5.55. The molecule has 1 N–H and O–H groups in total. The first-order chi connectivity index (χ1) is 21.0. The number of alkyl halides is 3. The summed E-state index contributed by atoms with van der Waals surface area (Å²) in [5.74, 6) is -3.48. The first-order valence-corrected chi connectivity index (χ1v) is 15.1. The number of benzene rings is 3. The molecule has 0 saturated carbocycles. The summed E-state index contributed by atoms with van der Waals surface area (Å²) >= 11 is 1.78. The lowest BCUT2D eigenvalue weighted by Gasteiger charge is -2.30. The number of carbonyl (C=O) groups is 3. The number of imide groups is 1. The molecule has 2 unspecified atom stereocenters. The van der Waals surface area contributed by atoms with Crippen molar-refractivity contribution >= 4 is 52.2 Å². The summed E-state index contributed by atoms with van der Waals surface area (Å²) in [7, 11) is 1.49. The number of nitrogens with zero attached hydrogens (tertiary/aromatic N) is 2. The molecule has 0 radical (unpaired) electrons. The van der Waals surface area contributed by atoms with Gasteiger partial charge in [-0.3, -0.25) is 23.7 Å². The van der Waals surface area contributed by atoms with Crippen LogP contribution in [0.25, 0.3) is 0 Å². The Kier molecular flexibility index (Phi) is 7.62. The molecule has 0 spiro atoms. The number of ether oxygens (including phenoxy) is 1. The molecule has 0 aliphatic carbocycles. The minimum absolute atomic E-state index is 0.327. The lowest BCUT2D eigenvalue weighted by atomic mass is 9.83. The molecule has 1 saturated heterocycles. The number of anilines is 2. The van der Waals surface area contributed by atoms with Crippen molar-refractivity contribution in [2.45, 2.75) is 35.8 Å². The maximum atomic E-state index is 14.0. The molecule has 2 aliphatic heterocycles. The number of thiazole rings is 1. The molecule has 13 heteroatoms. The van der Waals surface area contributed by atoms with Crippen LogP contribution >= 0.6 is 23.1 Å². The number of rotatable bonds is 6. The van der Waals surface area contributed by atoms with E-state index in [0.717, 1.165) is 40.8 Å². The van der Waals surface area contributed by atoms with Gasteiger partial charge in [-0.2, -0.15) is 13.2 Å². The van der Waals surface area contributed by atoms with E-state index in [1.807, 2.05) is 19.1 Å². The highest BCUT2D eigenvalue weighted by Gasteiger charge is 2.57. The molecular formula is C31H24F3N3O5S2. The molecular weight excluding hydrogens is 615 g/mol. The highest BCUT2D eigenvalue weighted by molar-refractivity contribution is 8.00. The van der Waals surface area contributed by atoms with Crippen LogP contribution < -0.4 is 19.8 Å². The topological polar surface area (TPSA) is 97.7 Å². The van der Waals surface area contributed by atoms with Gasteiger partial charge in [-0.1, -0.05) is 65.1 Å². The number of halogens is 3. The van der Waals surface area contributed by atoms with E-state index in [2.05, 4.69) is 5.32 Å². The number of nitrogens with one attached hydrogen (secondary N) is 1. The zero-order valence-electron chi connectivity index (χ0n) is 23.3. The number of aromatic nitrogens is 1. The van der Waals surface area contributed by atoms with E-state index in [1.165, 1.54) is 23.8 Å². The summed E-state index contributed by atoms with van der Waals surface area (Å²) in [6.45, 7) is 1.55. The van der Waals surface area contributed by atoms with Gasteiger partial charge in [-0.25, -0.2) is 4.90 Å². The molecule has 3 atom stereocenters. The lowest BCUT2D eigenvalue weighted by Crippen LogP contribution is -2.33. The molecule has 44 heavy (non-hydrogen) atoms. The minimum atomic E-state index is -4.81. The zero-order chi connectivity index (χ0) is 31.3. The fourth-order valence-corrected chi connectivity index (χ4v) is 8.33. The third-order valence-corrected chi connectivity index (χ3v) is 10.2. The van der Waals surface area contributed by atoms with Crippen LogP contribution in [0, 0.1) is 12.8 Å². The number of thioether (sulfide) groups is 1. The van der Waals surface area contributed by atoms with E-state index < -0.39 is 57.1 Å². The quantitative estimate of drug-likeness (QED) is 0.273. The molecule has 1 fully saturated rings. The summed E-state index contributed by atoms with van der Waals surface area (Å²) in [5.41, 5.74) is 0.468. The van der Waals surface area contributed by atoms with Gasteiger partial charge in [-0.05, 0) is 48.9 Å². The molecule has 3 heterocycles. The van der Waals surface area contributed by atoms with Crippen LogP contribution in [-0.2, 0) is 27.1 Å². The maximum Gasteiger partial charge on any atom is 0.418 e. The normalized spacial score (nSPS) is 19.5. The fraction of sp³-hybridized carbons (Fsp3) is 0.226. The number of fused-ring (bicyclic) bond motifs is 2. The summed E-state index contributed by atoms with van der Waals surface area (Å²) in [6, 6.07) is 18.3. The Labute approximate surface area is 257 Å². The zero-order valence-corrected chi connectivity index (χ0v) is 24.9. The standard InChI is InChI=1S/C31H24F3N3O5S2/c1-16-7-11-18(12-8-16)35-22(38)15-36-29-26(44-30(36)41)23(17-9-13-19(42-2)14-10-17)24-25(43-29)28(40)37(27(24)39)21-6-4-3-5-20(21)31(32,33)34/h3-14,23-25H,15H2,1-2H3,(H,35,38)/t23-,24?,25?/m1/s1. The largest absolute Gasteiger partial charge is 0.497 e. The summed E-state index contributed by atoms with van der Waals surface area (Å²) < 4.78 is 48.4. The summed E-state index contributed by atoms with van der Waals surface area (Å²) in [4.78, 5) is 54.8. The number of hydrogen-bond acceptors (Lipinski definition) is 7. The summed E-state index contributed by atoms with van der Waals surface area (Å²) in [6.07, 6.45) is -4.81. The second-order valence-electron chi connectivity index (χ2n) is 10.4. The van der Waals surface area contributed by atoms with Crippen molar-refractivity contribution in [3.05, 3.63) is 104 Å². The van der Waals surface area contributed by atoms with Crippen molar-refractivity contribution in [1.29, 1.82) is 0 Å². The van der Waals surface area contributed by atoms with Gasteiger partial charge in [-0.15, -0.1) is 0 Å². The monoisotopic (exact) mass is 639 g/mol. The Bertz CT molecular complexity index is 1830. The average Bonchev–Trinajstić information content (AvgIpc) is 3.44. The number of amides is 3. The van der Waals surface area contributed by atoms with Gasteiger partial charge in [0, 0.05) is 16.5 Å². The molecule has 2 aliphatic rings. The molecule has 1 aromatic heterocycles. The summed E-state index contributed by atoms with van der Waals surface area (Å²) in [5, 5.41) is 1.95. The van der Waals surface area contributed by atoms with E-state index >= 15 is 0 Å². The van der Waals surface area contributed by atoms with Crippen LogP contribution in [0.1, 0.15) is 27.5 Å². The van der Waals surface area contributed by atoms with Crippen molar-refractivity contribution in [3.8, 4) is 5.75 Å². The van der Waals surface area contributed by atoms with Crippen LogP contribution in [0.2, 0.25) is 0 Å². The van der Waals surface area contributed by atoms with Crippen molar-refractivity contribution in [2.24, 2.45) is 5.92 Å². The van der Waals surface area contributed by atoms with Crippen molar-refractivity contribution in [2.75, 3.05) is 17.3 Å². The maximum absolute atomic E-state index is 14.0. The molecule has 8 nitrogen and oxygen atoms in total. The first-order valence-electron chi connectivity index (χ1n) is 13.4.